The fourth-order valence-corrected chi connectivity index (χ4v) is 1.33. The van der Waals surface area contributed by atoms with Crippen molar-refractivity contribution < 1.29 is 18.0 Å². The highest BCUT2D eigenvalue weighted by Crippen LogP contribution is 2.19. The van der Waals surface area contributed by atoms with Gasteiger partial charge in [0.05, 0.1) is 0 Å². The summed E-state index contributed by atoms with van der Waals surface area (Å²) in [6.45, 7) is 0. The summed E-state index contributed by atoms with van der Waals surface area (Å²) in [6.07, 6.45) is -4.76. The molecule has 4 nitrogen and oxygen atoms in total. The number of nitriles is 1. The summed E-state index contributed by atoms with van der Waals surface area (Å²) in [4.78, 5) is 11.5. The molecule has 0 saturated heterocycles. The number of thioether (sulfide) groups is 1. The van der Waals surface area contributed by atoms with E-state index in [0.29, 0.717) is 4.90 Å². The highest BCUT2D eigenvalue weighted by molar-refractivity contribution is 8.03. The predicted molar refractivity (Wildman–Crippen MR) is 56.1 cm³/mol. The van der Waals surface area contributed by atoms with Gasteiger partial charge >= 0.3 is 12.3 Å². The van der Waals surface area contributed by atoms with Crippen molar-refractivity contribution in [3.8, 4) is 5.40 Å². The van der Waals surface area contributed by atoms with E-state index >= 15 is 0 Å². The molecule has 0 spiro atoms. The Balaban J connectivity index is 2.58. The first-order chi connectivity index (χ1) is 7.90. The fraction of sp³-hybridized carbons (Fsp3) is 0.111. The van der Waals surface area contributed by atoms with E-state index in [2.05, 4.69) is 0 Å². The number of thiocyanates is 1. The van der Waals surface area contributed by atoms with E-state index in [0.717, 1.165) is 17.1 Å². The zero-order chi connectivity index (χ0) is 12.9. The van der Waals surface area contributed by atoms with Crippen molar-refractivity contribution >= 4 is 23.5 Å². The smallest absolute Gasteiger partial charge is 0.308 e. The first kappa shape index (κ1) is 13.2. The average Bonchev–Trinajstić information content (AvgIpc) is 2.18. The molecule has 1 aromatic rings. The van der Waals surface area contributed by atoms with Crippen molar-refractivity contribution in [2.45, 2.75) is 11.2 Å². The number of nitrogens with zero attached hydrogens (tertiary/aromatic N) is 1. The lowest BCUT2D eigenvalue weighted by Gasteiger charge is -2.09. The molecular formula is C9H6F3N3OS. The summed E-state index contributed by atoms with van der Waals surface area (Å²) in [7, 11) is 0. The minimum absolute atomic E-state index is 0.203. The van der Waals surface area contributed by atoms with Gasteiger partial charge in [0.2, 0.25) is 0 Å². The maximum absolute atomic E-state index is 11.8. The Morgan fingerprint density at radius 2 is 1.88 bits per heavy atom. The number of urea groups is 1. The molecule has 17 heavy (non-hydrogen) atoms. The first-order valence-electron chi connectivity index (χ1n) is 4.22. The van der Waals surface area contributed by atoms with E-state index in [1.54, 1.807) is 0 Å². The van der Waals surface area contributed by atoms with Gasteiger partial charge in [-0.1, -0.05) is 0 Å². The maximum atomic E-state index is 11.8. The molecule has 8 heteroatoms. The molecule has 0 saturated carbocycles. The maximum Gasteiger partial charge on any atom is 0.485 e. The normalized spacial score (nSPS) is 10.5. The molecule has 0 bridgehead atoms. The molecule has 1 rings (SSSR count). The molecule has 90 valence electrons. The zero-order valence-corrected chi connectivity index (χ0v) is 9.02. The van der Waals surface area contributed by atoms with E-state index in [-0.39, 0.29) is 5.69 Å². The molecule has 0 fully saturated rings. The van der Waals surface area contributed by atoms with E-state index in [1.165, 1.54) is 24.3 Å². The van der Waals surface area contributed by atoms with Gasteiger partial charge in [0.25, 0.3) is 0 Å². The largest absolute Gasteiger partial charge is 0.485 e. The number of benzene rings is 1. The number of rotatable bonds is 2. The predicted octanol–water partition coefficient (Wildman–Crippen LogP) is 2.90. The van der Waals surface area contributed by atoms with Crippen molar-refractivity contribution in [1.29, 1.82) is 5.26 Å². The zero-order valence-electron chi connectivity index (χ0n) is 8.21. The van der Waals surface area contributed by atoms with Crippen LogP contribution in [0, 0.1) is 10.7 Å². The van der Waals surface area contributed by atoms with E-state index < -0.39 is 12.3 Å². The number of carbonyl (C=O) groups excluding carboxylic acids is 1. The minimum Gasteiger partial charge on any atom is -0.308 e. The summed E-state index contributed by atoms with van der Waals surface area (Å²) >= 11 is 0.910. The molecular weight excluding hydrogens is 255 g/mol. The summed E-state index contributed by atoms with van der Waals surface area (Å²) in [5.74, 6) is 0. The number of alkyl halides is 3. The van der Waals surface area contributed by atoms with Gasteiger partial charge in [-0.05, 0) is 36.0 Å². The van der Waals surface area contributed by atoms with E-state index in [9.17, 15) is 18.0 Å². The van der Waals surface area contributed by atoms with Gasteiger partial charge in [0.1, 0.15) is 5.40 Å². The van der Waals surface area contributed by atoms with Gasteiger partial charge in [-0.25, -0.2) is 10.1 Å². The van der Waals surface area contributed by atoms with Crippen LogP contribution in [-0.4, -0.2) is 12.3 Å². The monoisotopic (exact) mass is 261 g/mol. The van der Waals surface area contributed by atoms with Crippen molar-refractivity contribution in [3.05, 3.63) is 24.3 Å². The first-order valence-corrected chi connectivity index (χ1v) is 5.04. The molecule has 0 aliphatic heterocycles. The van der Waals surface area contributed by atoms with Gasteiger partial charge < -0.3 is 5.32 Å². The molecule has 0 heterocycles. The van der Waals surface area contributed by atoms with Crippen LogP contribution in [0.1, 0.15) is 0 Å². The lowest BCUT2D eigenvalue weighted by atomic mass is 10.3. The van der Waals surface area contributed by atoms with Crippen LogP contribution in [0.15, 0.2) is 29.2 Å². The van der Waals surface area contributed by atoms with Gasteiger partial charge in [-0.2, -0.15) is 18.4 Å². The number of hydrogen-bond donors (Lipinski definition) is 2. The molecule has 0 radical (unpaired) electrons. The SMILES string of the molecule is N#CSc1ccc(NC(=O)NC(F)(F)F)cc1. The lowest BCUT2D eigenvalue weighted by Crippen LogP contribution is -2.40. The molecule has 1 aromatic carbocycles. The van der Waals surface area contributed by atoms with Crippen LogP contribution >= 0.6 is 11.8 Å². The average molecular weight is 261 g/mol. The highest BCUT2D eigenvalue weighted by atomic mass is 32.2. The third-order valence-corrected chi connectivity index (χ3v) is 2.13. The van der Waals surface area contributed by atoms with Crippen LogP contribution in [0.5, 0.6) is 0 Å². The topological polar surface area (TPSA) is 64.9 Å². The summed E-state index contributed by atoms with van der Waals surface area (Å²) in [5.41, 5.74) is 0.203. The summed E-state index contributed by atoms with van der Waals surface area (Å²) in [5, 5.41) is 13.0. The van der Waals surface area contributed by atoms with Crippen LogP contribution < -0.4 is 10.6 Å². The van der Waals surface area contributed by atoms with Crippen LogP contribution in [0.25, 0.3) is 0 Å². The van der Waals surface area contributed by atoms with Crippen molar-refractivity contribution in [3.63, 3.8) is 0 Å². The Bertz CT molecular complexity index is 438. The number of anilines is 1. The Hall–Kier alpha value is -1.88. The van der Waals surface area contributed by atoms with Crippen molar-refractivity contribution in [1.82, 2.24) is 5.32 Å². The third-order valence-electron chi connectivity index (χ3n) is 1.53. The number of carbonyl (C=O) groups is 1. The second-order valence-corrected chi connectivity index (χ2v) is 3.65. The molecule has 0 atom stereocenters. The lowest BCUT2D eigenvalue weighted by molar-refractivity contribution is -0.144. The second-order valence-electron chi connectivity index (χ2n) is 2.79. The van der Waals surface area contributed by atoms with Gasteiger partial charge in [-0.15, -0.1) is 0 Å². The molecule has 0 aliphatic rings. The molecule has 0 aliphatic carbocycles. The second kappa shape index (κ2) is 5.45. The standard InChI is InChI=1S/C9H6F3N3OS/c10-9(11,12)15-8(16)14-6-1-3-7(4-2-6)17-5-13/h1-4H,(H2,14,15,16). The summed E-state index contributed by atoms with van der Waals surface area (Å²) in [6, 6.07) is 4.46. The van der Waals surface area contributed by atoms with Crippen molar-refractivity contribution in [2.24, 2.45) is 0 Å². The molecule has 0 unspecified atom stereocenters. The molecule has 2 N–H and O–H groups in total. The highest BCUT2D eigenvalue weighted by Gasteiger charge is 2.29. The van der Waals surface area contributed by atoms with Crippen LogP contribution in [0.2, 0.25) is 0 Å². The summed E-state index contributed by atoms with van der Waals surface area (Å²) < 4.78 is 35.3. The Kier molecular flexibility index (Phi) is 4.23. The number of nitrogens with one attached hydrogen (secondary N) is 2. The van der Waals surface area contributed by atoms with Crippen LogP contribution in [-0.2, 0) is 0 Å². The van der Waals surface area contributed by atoms with Gasteiger partial charge in [-0.3, -0.25) is 0 Å². The van der Waals surface area contributed by atoms with Gasteiger partial charge in [0, 0.05) is 10.6 Å². The van der Waals surface area contributed by atoms with E-state index in [4.69, 9.17) is 5.26 Å². The fourth-order valence-electron chi connectivity index (χ4n) is 0.950. The number of hydrogen-bond acceptors (Lipinski definition) is 3. The Morgan fingerprint density at radius 1 is 1.29 bits per heavy atom. The van der Waals surface area contributed by atoms with E-state index in [1.807, 2.05) is 10.7 Å². The Morgan fingerprint density at radius 3 is 2.35 bits per heavy atom. The third kappa shape index (κ3) is 5.12. The van der Waals surface area contributed by atoms with Crippen LogP contribution in [0.4, 0.5) is 23.7 Å². The quantitative estimate of drug-likeness (QED) is 0.488. The minimum atomic E-state index is -4.76. The van der Waals surface area contributed by atoms with Crippen LogP contribution in [0.3, 0.4) is 0 Å². The number of amides is 2. The van der Waals surface area contributed by atoms with Gasteiger partial charge in [0.15, 0.2) is 0 Å². The Labute approximate surface area is 98.8 Å². The number of halogens is 3. The molecule has 0 aromatic heterocycles. The van der Waals surface area contributed by atoms with Crippen molar-refractivity contribution in [2.75, 3.05) is 5.32 Å². The molecule has 2 amide bonds.